The number of hydrogen-bond acceptors (Lipinski definition) is 4. The Kier molecular flexibility index (Phi) is 23.0. The van der Waals surface area contributed by atoms with Crippen LogP contribution >= 0.6 is 0 Å². The molecule has 0 rings (SSSR count). The fraction of sp³-hybridized carbons (Fsp3) is 0.962. The van der Waals surface area contributed by atoms with E-state index in [0.29, 0.717) is 31.5 Å². The molecule has 0 heterocycles. The van der Waals surface area contributed by atoms with Crippen molar-refractivity contribution >= 4 is 21.1 Å². The van der Waals surface area contributed by atoms with E-state index < -0.39 is 15.1 Å². The maximum atomic E-state index is 12.1. The first-order valence-electron chi connectivity index (χ1n) is 13.4. The molecule has 0 fully saturated rings. The van der Waals surface area contributed by atoms with Crippen LogP contribution in [-0.2, 0) is 16.2 Å². The van der Waals surface area contributed by atoms with Crippen LogP contribution in [0.1, 0.15) is 137 Å². The maximum Gasteiger partial charge on any atom is 1.00 e. The molecule has 31 heavy (non-hydrogen) atoms. The molecule has 0 spiro atoms. The highest BCUT2D eigenvalue weighted by Crippen LogP contribution is 2.14. The number of unbranched alkanes of at least 4 members (excludes halogenated alkanes) is 14. The molecule has 0 N–H and O–H groups in total. The fourth-order valence-corrected chi connectivity index (χ4v) is 5.11. The van der Waals surface area contributed by atoms with E-state index >= 15 is 0 Å². The van der Waals surface area contributed by atoms with E-state index in [1.807, 2.05) is 0 Å². The Morgan fingerprint density at radius 2 is 0.968 bits per heavy atom. The van der Waals surface area contributed by atoms with E-state index in [1.165, 1.54) is 83.5 Å². The Hall–Kier alpha value is -0.0775. The van der Waals surface area contributed by atoms with E-state index in [4.69, 9.17) is 11.4 Å². The molecule has 4 nitrogen and oxygen atoms in total. The minimum Gasteiger partial charge on any atom is -0.572 e. The second-order valence-corrected chi connectivity index (χ2v) is 11.4. The minimum absolute atomic E-state index is 0.154. The van der Waals surface area contributed by atoms with E-state index in [1.54, 1.807) is 0 Å². The molecule has 0 radical (unpaired) electrons. The van der Waals surface area contributed by atoms with Crippen LogP contribution in [0, 0.1) is 11.8 Å². The molecule has 0 aromatic rings. The number of rotatable bonds is 23. The van der Waals surface area contributed by atoms with Crippen LogP contribution in [0.5, 0.6) is 0 Å². The monoisotopic (exact) mass is 456 g/mol. The van der Waals surface area contributed by atoms with Gasteiger partial charge in [-0.25, -0.2) is 0 Å². The van der Waals surface area contributed by atoms with Crippen LogP contribution in [0.3, 0.4) is 0 Å². The molecule has 0 aromatic heterocycles. The van der Waals surface area contributed by atoms with Crippen molar-refractivity contribution < 1.29 is 16.2 Å². The maximum absolute atomic E-state index is 12.1. The Balaban J connectivity index is 3.56. The Morgan fingerprint density at radius 1 is 0.613 bits per heavy atom. The van der Waals surface area contributed by atoms with Gasteiger partial charge in [-0.2, -0.15) is 0 Å². The zero-order chi connectivity index (χ0) is 23.2. The summed E-state index contributed by atoms with van der Waals surface area (Å²) in [5.41, 5.74) is 0. The Morgan fingerprint density at radius 3 is 1.32 bits per heavy atom. The lowest BCUT2D eigenvalue weighted by molar-refractivity contribution is -0.138. The number of carbonyl (C=O) groups is 1. The smallest absolute Gasteiger partial charge is 0.572 e. The van der Waals surface area contributed by atoms with Gasteiger partial charge in [-0.05, 0) is 18.3 Å². The molecular formula is C26H53AlO4. The van der Waals surface area contributed by atoms with Gasteiger partial charge in [-0.3, -0.25) is 4.79 Å². The zero-order valence-electron chi connectivity index (χ0n) is 21.6. The average molecular weight is 457 g/mol. The molecule has 0 saturated heterocycles. The van der Waals surface area contributed by atoms with Gasteiger partial charge in [-0.1, -0.05) is 125 Å². The van der Waals surface area contributed by atoms with Gasteiger partial charge in [0.2, 0.25) is 0 Å². The molecule has 0 unspecified atom stereocenters. The SMILES string of the molecule is CCCCCCCCCCCCCCCCCC(=O)[O][Al]([O]CC(C)C)[O]CC(C)C. The van der Waals surface area contributed by atoms with Crippen LogP contribution < -0.4 is 0 Å². The van der Waals surface area contributed by atoms with Crippen molar-refractivity contribution in [3.05, 3.63) is 0 Å². The molecule has 0 aliphatic heterocycles. The van der Waals surface area contributed by atoms with Gasteiger partial charge < -0.3 is 11.4 Å². The van der Waals surface area contributed by atoms with Crippen molar-refractivity contribution in [3.63, 3.8) is 0 Å². The standard InChI is InChI=1S/C18H36O2.2C4H9O.Al/c1-2-3-4-5-6-7-8-9-10-11-12-13-14-15-16-17-18(19)20;2*1-4(2)3-5;/h2-17H2,1H3,(H,19,20);2*4H,3H2,1-2H3;/q;2*-1;+3/p-1. The van der Waals surface area contributed by atoms with Gasteiger partial charge in [0, 0.05) is 19.6 Å². The van der Waals surface area contributed by atoms with Crippen LogP contribution in [0.25, 0.3) is 0 Å². The van der Waals surface area contributed by atoms with Crippen molar-refractivity contribution in [1.29, 1.82) is 0 Å². The lowest BCUT2D eigenvalue weighted by Gasteiger charge is -2.16. The third-order valence-corrected chi connectivity index (χ3v) is 6.73. The van der Waals surface area contributed by atoms with Crippen molar-refractivity contribution in [2.24, 2.45) is 11.8 Å². The zero-order valence-corrected chi connectivity index (χ0v) is 22.7. The average Bonchev–Trinajstić information content (AvgIpc) is 2.72. The Bertz CT molecular complexity index is 376. The van der Waals surface area contributed by atoms with Crippen LogP contribution in [-0.4, -0.2) is 34.3 Å². The summed E-state index contributed by atoms with van der Waals surface area (Å²) in [7, 11) is 0. The molecule has 5 heteroatoms. The first kappa shape index (κ1) is 30.9. The molecule has 0 bridgehead atoms. The summed E-state index contributed by atoms with van der Waals surface area (Å²) in [6.45, 7) is 11.8. The van der Waals surface area contributed by atoms with E-state index in [9.17, 15) is 4.79 Å². The lowest BCUT2D eigenvalue weighted by Crippen LogP contribution is -2.32. The predicted molar refractivity (Wildman–Crippen MR) is 133 cm³/mol. The summed E-state index contributed by atoms with van der Waals surface area (Å²) in [4.78, 5) is 12.1. The van der Waals surface area contributed by atoms with E-state index in [-0.39, 0.29) is 5.97 Å². The van der Waals surface area contributed by atoms with Gasteiger partial charge in [0.25, 0.3) is 5.97 Å². The topological polar surface area (TPSA) is 44.8 Å². The molecule has 0 saturated carbocycles. The van der Waals surface area contributed by atoms with Crippen molar-refractivity contribution in [2.45, 2.75) is 137 Å². The van der Waals surface area contributed by atoms with Crippen molar-refractivity contribution in [2.75, 3.05) is 13.2 Å². The lowest BCUT2D eigenvalue weighted by atomic mass is 10.0. The first-order valence-corrected chi connectivity index (χ1v) is 14.8. The summed E-state index contributed by atoms with van der Waals surface area (Å²) in [5, 5.41) is 0. The highest BCUT2D eigenvalue weighted by atomic mass is 27.3. The highest BCUT2D eigenvalue weighted by molar-refractivity contribution is 6.39. The summed E-state index contributed by atoms with van der Waals surface area (Å²) in [6, 6.07) is 0. The largest absolute Gasteiger partial charge is 1.00 e. The van der Waals surface area contributed by atoms with Gasteiger partial charge in [0.1, 0.15) is 0 Å². The highest BCUT2D eigenvalue weighted by Gasteiger charge is 2.37. The van der Waals surface area contributed by atoms with E-state index in [2.05, 4.69) is 34.6 Å². The Labute approximate surface area is 199 Å². The van der Waals surface area contributed by atoms with Gasteiger partial charge in [-0.15, -0.1) is 0 Å². The number of carbonyl (C=O) groups excluding carboxylic acids is 1. The number of hydrogen-bond donors (Lipinski definition) is 0. The summed E-state index contributed by atoms with van der Waals surface area (Å²) in [6.07, 6.45) is 20.4. The molecule has 0 atom stereocenters. The second-order valence-electron chi connectivity index (χ2n) is 9.93. The second kappa shape index (κ2) is 23.1. The first-order chi connectivity index (χ1) is 15.0. The van der Waals surface area contributed by atoms with Crippen LogP contribution in [0.4, 0.5) is 0 Å². The fourth-order valence-electron chi connectivity index (χ4n) is 3.47. The minimum atomic E-state index is -2.35. The molecular weight excluding hydrogens is 403 g/mol. The van der Waals surface area contributed by atoms with Crippen LogP contribution in [0.2, 0.25) is 0 Å². The molecule has 0 amide bonds. The summed E-state index contributed by atoms with van der Waals surface area (Å²) < 4.78 is 17.0. The third-order valence-electron chi connectivity index (χ3n) is 5.34. The third kappa shape index (κ3) is 24.4. The van der Waals surface area contributed by atoms with E-state index in [0.717, 1.165) is 12.8 Å². The summed E-state index contributed by atoms with van der Waals surface area (Å²) >= 11 is -2.35. The molecule has 0 aromatic carbocycles. The van der Waals surface area contributed by atoms with Gasteiger partial charge in [0.15, 0.2) is 0 Å². The van der Waals surface area contributed by atoms with Crippen LogP contribution in [0.15, 0.2) is 0 Å². The molecule has 0 aliphatic rings. The summed E-state index contributed by atoms with van der Waals surface area (Å²) in [5.74, 6) is 0.665. The van der Waals surface area contributed by atoms with Gasteiger partial charge >= 0.3 is 15.1 Å². The molecule has 184 valence electrons. The predicted octanol–water partition coefficient (Wildman–Crippen LogP) is 8.12. The van der Waals surface area contributed by atoms with Crippen molar-refractivity contribution in [3.8, 4) is 0 Å². The quantitative estimate of drug-likeness (QED) is 0.115. The van der Waals surface area contributed by atoms with Gasteiger partial charge in [0.05, 0.1) is 0 Å². The van der Waals surface area contributed by atoms with Crippen molar-refractivity contribution in [1.82, 2.24) is 0 Å². The normalized spacial score (nSPS) is 11.5. The molecule has 0 aliphatic carbocycles.